The molecule has 0 fully saturated rings. The number of hydrogen-bond acceptors (Lipinski definition) is 3. The van der Waals surface area contributed by atoms with Crippen LogP contribution in [0.5, 0.6) is 0 Å². The average molecular weight is 393 g/mol. The Morgan fingerprint density at radius 2 is 2.06 bits per heavy atom. The van der Waals surface area contributed by atoms with Crippen molar-refractivity contribution < 1.29 is 0 Å². The van der Waals surface area contributed by atoms with Crippen molar-refractivity contribution in [2.45, 2.75) is 10.1 Å². The smallest absolute Gasteiger partial charge is 0.0561 e. The molecule has 0 aliphatic carbocycles. The molecule has 1 aromatic heterocycles. The van der Waals surface area contributed by atoms with Gasteiger partial charge in [0.1, 0.15) is 0 Å². The van der Waals surface area contributed by atoms with Crippen LogP contribution >= 0.6 is 55.0 Å². The summed E-state index contributed by atoms with van der Waals surface area (Å²) in [6.45, 7) is 0.638. The first kappa shape index (κ1) is 13.6. The summed E-state index contributed by atoms with van der Waals surface area (Å²) < 4.78 is 2.25. The predicted octanol–water partition coefficient (Wildman–Crippen LogP) is 5.07. The van der Waals surface area contributed by atoms with Crippen LogP contribution in [0, 0.1) is 0 Å². The summed E-state index contributed by atoms with van der Waals surface area (Å²) in [5, 5.41) is 2.41. The molecule has 0 amide bonds. The van der Waals surface area contributed by atoms with Crippen LogP contribution in [0.4, 0.5) is 0 Å². The van der Waals surface area contributed by atoms with Crippen LogP contribution in [-0.4, -0.2) is 6.54 Å². The molecule has 1 nitrogen and oxygen atoms in total. The topological polar surface area (TPSA) is 26.0 Å². The molecule has 1 atom stereocenters. The van der Waals surface area contributed by atoms with Crippen molar-refractivity contribution in [2.24, 2.45) is 5.73 Å². The van der Waals surface area contributed by atoms with Crippen LogP contribution in [0.25, 0.3) is 0 Å². The van der Waals surface area contributed by atoms with Gasteiger partial charge in [-0.05, 0) is 50.1 Å². The monoisotopic (exact) mass is 391 g/mol. The zero-order valence-electron chi connectivity index (χ0n) is 8.90. The summed E-state index contributed by atoms with van der Waals surface area (Å²) in [7, 11) is 0. The second-order valence-corrected chi connectivity index (χ2v) is 7.40. The molecule has 0 bridgehead atoms. The van der Waals surface area contributed by atoms with Crippen LogP contribution < -0.4 is 5.73 Å². The fraction of sp³-hybridized carbons (Fsp3) is 0.167. The normalized spacial score (nSPS) is 12.6. The maximum atomic E-state index is 5.87. The van der Waals surface area contributed by atoms with Crippen LogP contribution in [0.15, 0.2) is 49.6 Å². The van der Waals surface area contributed by atoms with Crippen LogP contribution in [0.3, 0.4) is 0 Å². The first-order chi connectivity index (χ1) is 8.20. The third-order valence-corrected chi connectivity index (χ3v) is 6.48. The Balaban J connectivity index is 2.18. The summed E-state index contributed by atoms with van der Waals surface area (Å²) in [4.78, 5) is 2.53. The van der Waals surface area contributed by atoms with Crippen molar-refractivity contribution in [3.63, 3.8) is 0 Å². The van der Waals surface area contributed by atoms with Gasteiger partial charge in [-0.15, -0.1) is 23.1 Å². The maximum absolute atomic E-state index is 5.87. The lowest BCUT2D eigenvalue weighted by Crippen LogP contribution is -2.07. The maximum Gasteiger partial charge on any atom is 0.0561 e. The zero-order valence-corrected chi connectivity index (χ0v) is 13.7. The lowest BCUT2D eigenvalue weighted by molar-refractivity contribution is 0.959. The summed E-state index contributed by atoms with van der Waals surface area (Å²) >= 11 is 10.6. The van der Waals surface area contributed by atoms with Crippen molar-refractivity contribution in [1.82, 2.24) is 0 Å². The van der Waals surface area contributed by atoms with E-state index in [-0.39, 0.29) is 0 Å². The van der Waals surface area contributed by atoms with Crippen molar-refractivity contribution in [3.8, 4) is 0 Å². The molecule has 2 aromatic rings. The van der Waals surface area contributed by atoms with Gasteiger partial charge in [-0.1, -0.05) is 12.1 Å². The quantitative estimate of drug-likeness (QED) is 0.735. The number of thiophene rings is 1. The summed E-state index contributed by atoms with van der Waals surface area (Å²) in [5.41, 5.74) is 5.87. The van der Waals surface area contributed by atoms with E-state index in [0.717, 1.165) is 8.95 Å². The molecule has 1 heterocycles. The molecule has 5 heteroatoms. The highest BCUT2D eigenvalue weighted by atomic mass is 79.9. The van der Waals surface area contributed by atoms with Gasteiger partial charge in [-0.3, -0.25) is 0 Å². The van der Waals surface area contributed by atoms with Gasteiger partial charge in [0, 0.05) is 30.6 Å². The minimum atomic E-state index is 0.310. The Hall–Kier alpha value is 0.190. The van der Waals surface area contributed by atoms with Crippen LogP contribution in [-0.2, 0) is 0 Å². The number of rotatable bonds is 4. The average Bonchev–Trinajstić information content (AvgIpc) is 2.75. The van der Waals surface area contributed by atoms with Gasteiger partial charge in [-0.25, -0.2) is 0 Å². The third kappa shape index (κ3) is 3.58. The Labute approximate surface area is 126 Å². The molecule has 0 radical (unpaired) electrons. The van der Waals surface area contributed by atoms with E-state index in [0.29, 0.717) is 11.8 Å². The molecule has 0 aliphatic rings. The minimum absolute atomic E-state index is 0.310. The first-order valence-corrected chi connectivity index (χ1v) is 8.40. The molecule has 17 heavy (non-hydrogen) atoms. The highest BCUT2D eigenvalue weighted by Crippen LogP contribution is 2.40. The molecule has 1 unspecified atom stereocenters. The summed E-state index contributed by atoms with van der Waals surface area (Å²) in [6.07, 6.45) is 0. The zero-order chi connectivity index (χ0) is 12.3. The Morgan fingerprint density at radius 3 is 2.65 bits per heavy atom. The third-order valence-electron chi connectivity index (χ3n) is 2.23. The molecule has 1 aromatic carbocycles. The lowest BCUT2D eigenvalue weighted by Gasteiger charge is -2.13. The number of thioether (sulfide) groups is 1. The standard InChI is InChI=1S/C12H11Br2NS2/c13-8-5-11(16-7-8)12(6-15)17-10-4-2-1-3-9(10)14/h1-5,7,12H,6,15H2. The molecule has 0 spiro atoms. The van der Waals surface area contributed by atoms with E-state index in [1.807, 2.05) is 12.1 Å². The predicted molar refractivity (Wildman–Crippen MR) is 83.8 cm³/mol. The summed E-state index contributed by atoms with van der Waals surface area (Å²) in [6, 6.07) is 10.4. The molecule has 0 saturated heterocycles. The summed E-state index contributed by atoms with van der Waals surface area (Å²) in [5.74, 6) is 0. The fourth-order valence-corrected chi connectivity index (χ4v) is 4.65. The van der Waals surface area contributed by atoms with Crippen molar-refractivity contribution >= 4 is 55.0 Å². The molecule has 0 aliphatic heterocycles. The second-order valence-electron chi connectivity index (χ2n) is 3.44. The van der Waals surface area contributed by atoms with Gasteiger partial charge in [0.25, 0.3) is 0 Å². The second kappa shape index (κ2) is 6.38. The molecule has 90 valence electrons. The SMILES string of the molecule is NCC(Sc1ccccc1Br)c1cc(Br)cs1. The van der Waals surface area contributed by atoms with Crippen molar-refractivity contribution in [1.29, 1.82) is 0 Å². The largest absolute Gasteiger partial charge is 0.329 e. The molecule has 2 N–H and O–H groups in total. The Bertz CT molecular complexity index is 499. The highest BCUT2D eigenvalue weighted by molar-refractivity contribution is 9.10. The Kier molecular flexibility index (Phi) is 5.11. The van der Waals surface area contributed by atoms with E-state index < -0.39 is 0 Å². The highest BCUT2D eigenvalue weighted by Gasteiger charge is 2.14. The van der Waals surface area contributed by atoms with Gasteiger partial charge in [0.2, 0.25) is 0 Å². The van der Waals surface area contributed by atoms with E-state index in [2.05, 4.69) is 55.4 Å². The molecule has 2 rings (SSSR count). The number of halogens is 2. The van der Waals surface area contributed by atoms with E-state index >= 15 is 0 Å². The van der Waals surface area contributed by atoms with Gasteiger partial charge in [0.05, 0.1) is 5.25 Å². The van der Waals surface area contributed by atoms with E-state index in [1.165, 1.54) is 9.77 Å². The van der Waals surface area contributed by atoms with Crippen molar-refractivity contribution in [3.05, 3.63) is 49.5 Å². The van der Waals surface area contributed by atoms with E-state index in [1.54, 1.807) is 23.1 Å². The van der Waals surface area contributed by atoms with E-state index in [9.17, 15) is 0 Å². The van der Waals surface area contributed by atoms with E-state index in [4.69, 9.17) is 5.73 Å². The fourth-order valence-electron chi connectivity index (χ4n) is 1.41. The number of nitrogens with two attached hydrogens (primary N) is 1. The van der Waals surface area contributed by atoms with Gasteiger partial charge in [0.15, 0.2) is 0 Å². The molecular formula is C12H11Br2NS2. The van der Waals surface area contributed by atoms with Crippen LogP contribution in [0.2, 0.25) is 0 Å². The number of hydrogen-bond donors (Lipinski definition) is 1. The first-order valence-electron chi connectivity index (χ1n) is 5.06. The van der Waals surface area contributed by atoms with Gasteiger partial charge in [-0.2, -0.15) is 0 Å². The van der Waals surface area contributed by atoms with Gasteiger partial charge >= 0.3 is 0 Å². The van der Waals surface area contributed by atoms with Gasteiger partial charge < -0.3 is 5.73 Å². The van der Waals surface area contributed by atoms with Crippen LogP contribution in [0.1, 0.15) is 10.1 Å². The minimum Gasteiger partial charge on any atom is -0.329 e. The lowest BCUT2D eigenvalue weighted by atomic mass is 10.3. The Morgan fingerprint density at radius 1 is 1.29 bits per heavy atom. The number of benzene rings is 1. The molecule has 0 saturated carbocycles. The molecular weight excluding hydrogens is 382 g/mol. The van der Waals surface area contributed by atoms with Crippen molar-refractivity contribution in [2.75, 3.05) is 6.54 Å².